The van der Waals surface area contributed by atoms with E-state index < -0.39 is 5.41 Å². The molecule has 0 atom stereocenters. The van der Waals surface area contributed by atoms with Gasteiger partial charge in [-0.05, 0) is 87.0 Å². The number of pyridine rings is 1. The highest BCUT2D eigenvalue weighted by atomic mass is 16.5. The minimum atomic E-state index is -0.656. The molecule has 0 saturated heterocycles. The molecule has 1 spiro atoms. The van der Waals surface area contributed by atoms with E-state index >= 15 is 0 Å². The summed E-state index contributed by atoms with van der Waals surface area (Å²) in [6.45, 7) is 0. The van der Waals surface area contributed by atoms with Crippen LogP contribution < -0.4 is 4.74 Å². The maximum atomic E-state index is 6.89. The van der Waals surface area contributed by atoms with Gasteiger partial charge in [-0.15, -0.1) is 0 Å². The molecule has 0 amide bonds. The summed E-state index contributed by atoms with van der Waals surface area (Å²) in [5.74, 6) is 2.33. The van der Waals surface area contributed by atoms with Gasteiger partial charge in [-0.3, -0.25) is 4.98 Å². The quantitative estimate of drug-likeness (QED) is 0.178. The number of hydrogen-bond acceptors (Lipinski definition) is 4. The largest absolute Gasteiger partial charge is 0.457 e. The third-order valence-corrected chi connectivity index (χ3v) is 11.3. The van der Waals surface area contributed by atoms with Crippen LogP contribution in [0.15, 0.2) is 200 Å². The maximum absolute atomic E-state index is 6.89. The predicted molar refractivity (Wildman–Crippen MR) is 224 cm³/mol. The summed E-state index contributed by atoms with van der Waals surface area (Å²) in [5.41, 5.74) is 15.7. The number of hydrogen-bond donors (Lipinski definition) is 0. The predicted octanol–water partition coefficient (Wildman–Crippen LogP) is 12.7. The zero-order valence-electron chi connectivity index (χ0n) is 30.3. The Kier molecular flexibility index (Phi) is 7.36. The summed E-state index contributed by atoms with van der Waals surface area (Å²) in [6, 6.07) is 66.4. The van der Waals surface area contributed by atoms with Crippen LogP contribution in [-0.2, 0) is 5.41 Å². The topological polar surface area (TPSA) is 47.9 Å². The standard InChI is InChI=1S/C52H33N3O/c1-3-12-36(13-4-1)47-32-48(37-14-5-2-6-15-37)55-51(54-47)39-26-28-50-46(31-39)52(43-19-9-7-17-41(43)42-18-8-10-20-44(42)52)45-30-38(25-27-49(45)56-50)34-21-23-35(24-22-34)40-16-11-29-53-33-40/h1-33H. The lowest BCUT2D eigenvalue weighted by Crippen LogP contribution is -2.32. The molecule has 11 rings (SSSR count). The van der Waals surface area contributed by atoms with Crippen molar-refractivity contribution in [2.75, 3.05) is 0 Å². The highest BCUT2D eigenvalue weighted by Gasteiger charge is 2.51. The normalized spacial score (nSPS) is 12.9. The summed E-state index contributed by atoms with van der Waals surface area (Å²) in [7, 11) is 0. The molecule has 1 aliphatic carbocycles. The number of nitrogens with zero attached hydrogens (tertiary/aromatic N) is 3. The highest BCUT2D eigenvalue weighted by molar-refractivity contribution is 5.90. The Morgan fingerprint density at radius 2 is 0.839 bits per heavy atom. The zero-order valence-corrected chi connectivity index (χ0v) is 30.3. The molecule has 56 heavy (non-hydrogen) atoms. The average Bonchev–Trinajstić information content (AvgIpc) is 3.58. The molecule has 3 heterocycles. The molecule has 0 N–H and O–H groups in total. The van der Waals surface area contributed by atoms with E-state index in [0.29, 0.717) is 5.82 Å². The van der Waals surface area contributed by atoms with Crippen molar-refractivity contribution in [3.05, 3.63) is 223 Å². The Balaban J connectivity index is 1.13. The van der Waals surface area contributed by atoms with Crippen LogP contribution in [0, 0.1) is 0 Å². The van der Waals surface area contributed by atoms with Gasteiger partial charge in [0.05, 0.1) is 16.8 Å². The third kappa shape index (κ3) is 5.04. The van der Waals surface area contributed by atoms with Gasteiger partial charge in [0.1, 0.15) is 11.5 Å². The molecule has 1 aliphatic heterocycles. The van der Waals surface area contributed by atoms with Crippen LogP contribution in [0.25, 0.3) is 67.3 Å². The van der Waals surface area contributed by atoms with E-state index in [1.807, 2.05) is 24.4 Å². The molecule has 7 aromatic carbocycles. The van der Waals surface area contributed by atoms with Crippen LogP contribution in [0.1, 0.15) is 22.3 Å². The van der Waals surface area contributed by atoms with E-state index in [2.05, 4.69) is 175 Å². The number of benzene rings is 7. The van der Waals surface area contributed by atoms with Crippen LogP contribution in [0.5, 0.6) is 11.5 Å². The van der Waals surface area contributed by atoms with Gasteiger partial charge < -0.3 is 4.74 Å². The Labute approximate surface area is 325 Å². The fraction of sp³-hybridized carbons (Fsp3) is 0.0192. The van der Waals surface area contributed by atoms with Gasteiger partial charge in [-0.25, -0.2) is 9.97 Å². The molecule has 0 bridgehead atoms. The Hall–Kier alpha value is -7.43. The summed E-state index contributed by atoms with van der Waals surface area (Å²) < 4.78 is 6.89. The maximum Gasteiger partial charge on any atom is 0.160 e. The van der Waals surface area contributed by atoms with Gasteiger partial charge in [-0.2, -0.15) is 0 Å². The van der Waals surface area contributed by atoms with Crippen LogP contribution in [0.4, 0.5) is 0 Å². The van der Waals surface area contributed by atoms with Crippen LogP contribution in [0.3, 0.4) is 0 Å². The zero-order chi connectivity index (χ0) is 37.1. The van der Waals surface area contributed by atoms with Crippen LogP contribution in [0.2, 0.25) is 0 Å². The second-order valence-electron chi connectivity index (χ2n) is 14.4. The molecule has 0 fully saturated rings. The lowest BCUT2D eigenvalue weighted by Gasteiger charge is -2.40. The van der Waals surface area contributed by atoms with Crippen molar-refractivity contribution in [2.45, 2.75) is 5.41 Å². The van der Waals surface area contributed by atoms with Crippen molar-refractivity contribution in [3.63, 3.8) is 0 Å². The van der Waals surface area contributed by atoms with Gasteiger partial charge in [0, 0.05) is 40.2 Å². The number of rotatable bonds is 5. The molecule has 0 radical (unpaired) electrons. The number of ether oxygens (including phenoxy) is 1. The van der Waals surface area contributed by atoms with E-state index in [-0.39, 0.29) is 0 Å². The molecule has 4 nitrogen and oxygen atoms in total. The van der Waals surface area contributed by atoms with E-state index in [9.17, 15) is 0 Å². The monoisotopic (exact) mass is 715 g/mol. The molecule has 0 saturated carbocycles. The van der Waals surface area contributed by atoms with E-state index in [0.717, 1.165) is 73.0 Å². The minimum Gasteiger partial charge on any atom is -0.457 e. The Morgan fingerprint density at radius 3 is 1.41 bits per heavy atom. The third-order valence-electron chi connectivity index (χ3n) is 11.3. The first-order chi connectivity index (χ1) is 27.7. The van der Waals surface area contributed by atoms with Crippen molar-refractivity contribution < 1.29 is 4.74 Å². The van der Waals surface area contributed by atoms with Gasteiger partial charge >= 0.3 is 0 Å². The minimum absolute atomic E-state index is 0.656. The van der Waals surface area contributed by atoms with Crippen molar-refractivity contribution in [1.29, 1.82) is 0 Å². The summed E-state index contributed by atoms with van der Waals surface area (Å²) in [5, 5.41) is 0. The van der Waals surface area contributed by atoms with E-state index in [1.54, 1.807) is 6.20 Å². The molecule has 0 unspecified atom stereocenters. The summed E-state index contributed by atoms with van der Waals surface area (Å²) in [4.78, 5) is 14.8. The van der Waals surface area contributed by atoms with E-state index in [1.165, 1.54) is 22.3 Å². The van der Waals surface area contributed by atoms with Gasteiger partial charge in [0.15, 0.2) is 5.82 Å². The van der Waals surface area contributed by atoms with Crippen molar-refractivity contribution in [2.24, 2.45) is 0 Å². The van der Waals surface area contributed by atoms with Crippen LogP contribution in [-0.4, -0.2) is 15.0 Å². The lowest BCUT2D eigenvalue weighted by molar-refractivity contribution is 0.436. The first kappa shape index (κ1) is 32.0. The molecule has 262 valence electrons. The summed E-state index contributed by atoms with van der Waals surface area (Å²) in [6.07, 6.45) is 3.71. The van der Waals surface area contributed by atoms with Gasteiger partial charge in [0.2, 0.25) is 0 Å². The number of aromatic nitrogens is 3. The molecule has 2 aromatic heterocycles. The van der Waals surface area contributed by atoms with Gasteiger partial charge in [-0.1, -0.05) is 146 Å². The average molecular weight is 716 g/mol. The lowest BCUT2D eigenvalue weighted by atomic mass is 9.65. The smallest absolute Gasteiger partial charge is 0.160 e. The molecular weight excluding hydrogens is 683 g/mol. The molecule has 2 aliphatic rings. The second kappa shape index (κ2) is 12.9. The van der Waals surface area contributed by atoms with Crippen LogP contribution >= 0.6 is 0 Å². The molecular formula is C52H33N3O. The first-order valence-corrected chi connectivity index (χ1v) is 18.9. The second-order valence-corrected chi connectivity index (χ2v) is 14.4. The van der Waals surface area contributed by atoms with E-state index in [4.69, 9.17) is 14.7 Å². The summed E-state index contributed by atoms with van der Waals surface area (Å²) >= 11 is 0. The SMILES string of the molecule is c1ccc(-c2cc(-c3ccccc3)nc(-c3ccc4c(c3)C3(c5cc(-c6ccc(-c7cccnc7)cc6)ccc5O4)c4ccccc4-c4ccccc43)n2)cc1. The fourth-order valence-corrected chi connectivity index (χ4v) is 8.70. The highest BCUT2D eigenvalue weighted by Crippen LogP contribution is 2.62. The first-order valence-electron chi connectivity index (χ1n) is 18.9. The molecule has 4 heteroatoms. The Bertz CT molecular complexity index is 2820. The van der Waals surface area contributed by atoms with Crippen molar-refractivity contribution in [3.8, 4) is 78.8 Å². The fourth-order valence-electron chi connectivity index (χ4n) is 8.70. The van der Waals surface area contributed by atoms with Crippen molar-refractivity contribution in [1.82, 2.24) is 15.0 Å². The Morgan fingerprint density at radius 1 is 0.357 bits per heavy atom. The van der Waals surface area contributed by atoms with Gasteiger partial charge in [0.25, 0.3) is 0 Å². The molecule has 9 aromatic rings. The van der Waals surface area contributed by atoms with Crippen molar-refractivity contribution >= 4 is 0 Å². The number of fused-ring (bicyclic) bond motifs is 9.